The van der Waals surface area contributed by atoms with Gasteiger partial charge in [-0.05, 0) is 75.2 Å². The van der Waals surface area contributed by atoms with Gasteiger partial charge in [-0.25, -0.2) is 9.97 Å². The number of azo groups is 1. The van der Waals surface area contributed by atoms with Crippen molar-refractivity contribution < 1.29 is 0 Å². The van der Waals surface area contributed by atoms with E-state index in [1.54, 1.807) is 0 Å². The van der Waals surface area contributed by atoms with Gasteiger partial charge >= 0.3 is 0 Å². The van der Waals surface area contributed by atoms with Gasteiger partial charge in [0.1, 0.15) is 11.7 Å². The summed E-state index contributed by atoms with van der Waals surface area (Å²) in [6, 6.07) is 17.7. The Bertz CT molecular complexity index is 1520. The molecule has 7 rings (SSSR count). The quantitative estimate of drug-likeness (QED) is 0.367. The van der Waals surface area contributed by atoms with Crippen LogP contribution in [0.1, 0.15) is 49.6 Å². The lowest BCUT2D eigenvalue weighted by molar-refractivity contribution is 0.137. The van der Waals surface area contributed by atoms with E-state index in [1.807, 2.05) is 18.5 Å². The maximum absolute atomic E-state index is 4.98. The average Bonchev–Trinajstić information content (AvgIpc) is 3.49. The molecule has 0 bridgehead atoms. The zero-order valence-corrected chi connectivity index (χ0v) is 21.4. The number of hydrogen-bond acceptors (Lipinski definition) is 7. The Morgan fingerprint density at radius 2 is 1.95 bits per heavy atom. The predicted molar refractivity (Wildman–Crippen MR) is 146 cm³/mol. The lowest BCUT2D eigenvalue weighted by atomic mass is 9.74. The van der Waals surface area contributed by atoms with Crippen LogP contribution in [-0.2, 0) is 11.8 Å². The van der Waals surface area contributed by atoms with Crippen LogP contribution in [0.2, 0.25) is 0 Å². The molecule has 186 valence electrons. The number of fused-ring (bicyclic) bond motifs is 4. The van der Waals surface area contributed by atoms with Crippen LogP contribution in [0, 0.1) is 0 Å². The molecule has 0 aliphatic carbocycles. The molecule has 7 nitrogen and oxygen atoms in total. The van der Waals surface area contributed by atoms with Crippen molar-refractivity contribution in [2.75, 3.05) is 25.0 Å². The van der Waals surface area contributed by atoms with Crippen molar-refractivity contribution >= 4 is 22.3 Å². The molecule has 2 aromatic heterocycles. The van der Waals surface area contributed by atoms with Crippen LogP contribution in [0.25, 0.3) is 22.3 Å². The molecule has 7 heteroatoms. The second-order valence-corrected chi connectivity index (χ2v) is 11.0. The van der Waals surface area contributed by atoms with Gasteiger partial charge < -0.3 is 10.2 Å². The molecule has 37 heavy (non-hydrogen) atoms. The molecule has 5 heterocycles. The summed E-state index contributed by atoms with van der Waals surface area (Å²) >= 11 is 0. The largest absolute Gasteiger partial charge is 0.384 e. The number of benzene rings is 2. The van der Waals surface area contributed by atoms with E-state index < -0.39 is 0 Å². The first-order chi connectivity index (χ1) is 18.1. The van der Waals surface area contributed by atoms with Crippen LogP contribution >= 0.6 is 0 Å². The van der Waals surface area contributed by atoms with Crippen molar-refractivity contribution in [2.24, 2.45) is 10.2 Å². The summed E-state index contributed by atoms with van der Waals surface area (Å²) < 4.78 is 0. The van der Waals surface area contributed by atoms with Crippen LogP contribution in [0.4, 0.5) is 11.4 Å². The number of nitrogens with zero attached hydrogens (tertiary/aromatic N) is 6. The van der Waals surface area contributed by atoms with Crippen LogP contribution < -0.4 is 5.32 Å². The topological polar surface area (TPSA) is 78.7 Å². The number of nitrogens with one attached hydrogen (secondary N) is 1. The molecule has 0 amide bonds. The summed E-state index contributed by atoms with van der Waals surface area (Å²) in [6.07, 6.45) is 6.80. The van der Waals surface area contributed by atoms with E-state index in [0.29, 0.717) is 6.04 Å². The lowest BCUT2D eigenvalue weighted by Crippen LogP contribution is -2.46. The molecule has 1 fully saturated rings. The highest BCUT2D eigenvalue weighted by atomic mass is 15.2. The molecule has 2 aromatic carbocycles. The van der Waals surface area contributed by atoms with Gasteiger partial charge in [0.05, 0.1) is 17.4 Å². The first-order valence-corrected chi connectivity index (χ1v) is 13.3. The summed E-state index contributed by atoms with van der Waals surface area (Å²) in [5, 5.41) is 13.8. The Labute approximate surface area is 217 Å². The number of piperidine rings is 1. The molecule has 3 aliphatic heterocycles. The Morgan fingerprint density at radius 1 is 1.05 bits per heavy atom. The van der Waals surface area contributed by atoms with Gasteiger partial charge in [-0.3, -0.25) is 4.98 Å². The number of anilines is 1. The highest BCUT2D eigenvalue weighted by Crippen LogP contribution is 2.45. The third-order valence-electron chi connectivity index (χ3n) is 8.47. The minimum Gasteiger partial charge on any atom is -0.384 e. The standard InChI is InChI=1S/C30H31N7/c1-19(2)37-12-9-30(10-13-37)18-33-25-16-22(6-7-23(25)30)29-32-17-27-28(34-29)26(35-36-27)15-20-5-8-24-21(14-20)4-3-11-31-24/h3-8,11,14,16-17,19,26,33H,9-10,12-13,15,18H2,1-2H3. The molecule has 0 radical (unpaired) electrons. The van der Waals surface area contributed by atoms with E-state index in [4.69, 9.17) is 4.98 Å². The first-order valence-electron chi connectivity index (χ1n) is 13.3. The number of likely N-dealkylation sites (tertiary alicyclic amines) is 1. The van der Waals surface area contributed by atoms with Crippen molar-refractivity contribution in [3.05, 3.63) is 77.7 Å². The van der Waals surface area contributed by atoms with E-state index in [2.05, 4.69) is 86.7 Å². The van der Waals surface area contributed by atoms with Gasteiger partial charge in [-0.2, -0.15) is 10.2 Å². The van der Waals surface area contributed by atoms with E-state index in [9.17, 15) is 0 Å². The SMILES string of the molecule is CC(C)N1CCC2(CC1)CNc1cc(-c3ncc4c(n3)C(Cc3ccc5ncccc5c3)N=N4)ccc12. The van der Waals surface area contributed by atoms with Crippen molar-refractivity contribution in [3.63, 3.8) is 0 Å². The van der Waals surface area contributed by atoms with Crippen LogP contribution in [0.3, 0.4) is 0 Å². The molecule has 1 N–H and O–H groups in total. The second-order valence-electron chi connectivity index (χ2n) is 11.0. The highest BCUT2D eigenvalue weighted by Gasteiger charge is 2.41. The van der Waals surface area contributed by atoms with Crippen molar-refractivity contribution in [1.29, 1.82) is 0 Å². The highest BCUT2D eigenvalue weighted by molar-refractivity contribution is 5.79. The monoisotopic (exact) mass is 489 g/mol. The normalized spacial score (nSPS) is 19.9. The molecule has 1 atom stereocenters. The van der Waals surface area contributed by atoms with Crippen LogP contribution in [0.5, 0.6) is 0 Å². The van der Waals surface area contributed by atoms with Gasteiger partial charge in [0.2, 0.25) is 0 Å². The zero-order valence-electron chi connectivity index (χ0n) is 21.4. The summed E-state index contributed by atoms with van der Waals surface area (Å²) in [5.74, 6) is 0.735. The third-order valence-corrected chi connectivity index (χ3v) is 8.47. The number of hydrogen-bond donors (Lipinski definition) is 1. The molecular formula is C30H31N7. The zero-order chi connectivity index (χ0) is 25.0. The van der Waals surface area contributed by atoms with Crippen molar-refractivity contribution in [3.8, 4) is 11.4 Å². The van der Waals surface area contributed by atoms with Gasteiger partial charge in [-0.1, -0.05) is 24.3 Å². The molecule has 1 unspecified atom stereocenters. The van der Waals surface area contributed by atoms with Gasteiger partial charge in [0, 0.05) is 47.3 Å². The molecule has 1 spiro atoms. The molecule has 0 saturated carbocycles. The van der Waals surface area contributed by atoms with Crippen LogP contribution in [0.15, 0.2) is 71.2 Å². The number of aromatic nitrogens is 3. The Kier molecular flexibility index (Phi) is 5.29. The number of rotatable bonds is 4. The minimum atomic E-state index is -0.104. The average molecular weight is 490 g/mol. The smallest absolute Gasteiger partial charge is 0.159 e. The maximum Gasteiger partial charge on any atom is 0.159 e. The van der Waals surface area contributed by atoms with E-state index in [0.717, 1.165) is 59.7 Å². The van der Waals surface area contributed by atoms with E-state index in [1.165, 1.54) is 29.7 Å². The maximum atomic E-state index is 4.98. The molecule has 4 aromatic rings. The fraction of sp³-hybridized carbons (Fsp3) is 0.367. The van der Waals surface area contributed by atoms with Gasteiger partial charge in [-0.15, -0.1) is 0 Å². The summed E-state index contributed by atoms with van der Waals surface area (Å²) in [4.78, 5) is 16.7. The number of pyridine rings is 1. The molecule has 3 aliphatic rings. The fourth-order valence-corrected chi connectivity index (χ4v) is 6.22. The summed E-state index contributed by atoms with van der Waals surface area (Å²) in [7, 11) is 0. The summed E-state index contributed by atoms with van der Waals surface area (Å²) in [5.41, 5.74) is 7.84. The summed E-state index contributed by atoms with van der Waals surface area (Å²) in [6.45, 7) is 7.94. The fourth-order valence-electron chi connectivity index (χ4n) is 6.22. The lowest BCUT2D eigenvalue weighted by Gasteiger charge is -2.41. The first kappa shape index (κ1) is 22.5. The minimum absolute atomic E-state index is 0.104. The van der Waals surface area contributed by atoms with Crippen molar-refractivity contribution in [2.45, 2.75) is 50.6 Å². The molecular weight excluding hydrogens is 458 g/mol. The Morgan fingerprint density at radius 3 is 2.81 bits per heavy atom. The third kappa shape index (κ3) is 3.89. The van der Waals surface area contributed by atoms with Gasteiger partial charge in [0.25, 0.3) is 0 Å². The van der Waals surface area contributed by atoms with Crippen molar-refractivity contribution in [1.82, 2.24) is 19.9 Å². The van der Waals surface area contributed by atoms with E-state index >= 15 is 0 Å². The molecule has 1 saturated heterocycles. The Hall–Kier alpha value is -3.71. The Balaban J connectivity index is 1.14. The predicted octanol–water partition coefficient (Wildman–Crippen LogP) is 6.24. The van der Waals surface area contributed by atoms with Gasteiger partial charge in [0.15, 0.2) is 5.82 Å². The van der Waals surface area contributed by atoms with E-state index in [-0.39, 0.29) is 11.5 Å². The second kappa shape index (κ2) is 8.70. The van der Waals surface area contributed by atoms with Crippen LogP contribution in [-0.4, -0.2) is 45.5 Å².